The molecule has 1 aromatic rings. The van der Waals surface area contributed by atoms with E-state index in [1.165, 1.54) is 0 Å². The molecule has 4 nitrogen and oxygen atoms in total. The number of rotatable bonds is 5. The minimum atomic E-state index is 0.125. The molecule has 1 amide bonds. The molecule has 0 aliphatic carbocycles. The van der Waals surface area contributed by atoms with E-state index in [-0.39, 0.29) is 11.8 Å². The molecule has 1 fully saturated rings. The van der Waals surface area contributed by atoms with Gasteiger partial charge in [-0.1, -0.05) is 13.0 Å². The number of carbonyl (C=O) groups is 1. The van der Waals surface area contributed by atoms with Crippen molar-refractivity contribution < 1.29 is 4.79 Å². The van der Waals surface area contributed by atoms with Crippen molar-refractivity contribution in [3.05, 3.63) is 30.1 Å². The van der Waals surface area contributed by atoms with E-state index in [0.29, 0.717) is 5.92 Å². The summed E-state index contributed by atoms with van der Waals surface area (Å²) in [6.07, 6.45) is 2.61. The van der Waals surface area contributed by atoms with Gasteiger partial charge in [-0.3, -0.25) is 9.78 Å². The average molecular weight is 247 g/mol. The molecule has 0 aromatic carbocycles. The van der Waals surface area contributed by atoms with E-state index in [9.17, 15) is 4.79 Å². The van der Waals surface area contributed by atoms with E-state index in [1.54, 1.807) is 6.20 Å². The first-order chi connectivity index (χ1) is 8.68. The SMILES string of the molecule is CC(C(=O)N(C)CCc1ccccn1)C1CNC1. The molecule has 1 aliphatic heterocycles. The molecule has 0 radical (unpaired) electrons. The fourth-order valence-corrected chi connectivity index (χ4v) is 2.15. The summed E-state index contributed by atoms with van der Waals surface area (Å²) >= 11 is 0. The van der Waals surface area contributed by atoms with E-state index >= 15 is 0 Å². The lowest BCUT2D eigenvalue weighted by molar-refractivity contribution is -0.136. The van der Waals surface area contributed by atoms with Gasteiger partial charge in [0.1, 0.15) is 0 Å². The first kappa shape index (κ1) is 13.0. The number of aromatic nitrogens is 1. The van der Waals surface area contributed by atoms with Crippen LogP contribution in [-0.2, 0) is 11.2 Å². The molecule has 2 heterocycles. The maximum Gasteiger partial charge on any atom is 0.225 e. The van der Waals surface area contributed by atoms with E-state index < -0.39 is 0 Å². The van der Waals surface area contributed by atoms with E-state index in [0.717, 1.165) is 31.7 Å². The minimum absolute atomic E-state index is 0.125. The van der Waals surface area contributed by atoms with E-state index in [2.05, 4.69) is 10.3 Å². The van der Waals surface area contributed by atoms with Crippen molar-refractivity contribution >= 4 is 5.91 Å². The van der Waals surface area contributed by atoms with Gasteiger partial charge in [-0.15, -0.1) is 0 Å². The number of pyridine rings is 1. The Labute approximate surface area is 108 Å². The molecule has 1 N–H and O–H groups in total. The molecule has 1 aromatic heterocycles. The normalized spacial score (nSPS) is 17.0. The summed E-state index contributed by atoms with van der Waals surface area (Å²) < 4.78 is 0. The lowest BCUT2D eigenvalue weighted by atomic mass is 9.88. The van der Waals surface area contributed by atoms with Gasteiger partial charge in [-0.2, -0.15) is 0 Å². The number of hydrogen-bond donors (Lipinski definition) is 1. The third kappa shape index (κ3) is 3.07. The summed E-state index contributed by atoms with van der Waals surface area (Å²) in [6, 6.07) is 5.88. The van der Waals surface area contributed by atoms with Gasteiger partial charge >= 0.3 is 0 Å². The quantitative estimate of drug-likeness (QED) is 0.842. The molecule has 0 saturated carbocycles. The van der Waals surface area contributed by atoms with Crippen LogP contribution in [0.15, 0.2) is 24.4 Å². The lowest BCUT2D eigenvalue weighted by Gasteiger charge is -2.33. The fourth-order valence-electron chi connectivity index (χ4n) is 2.15. The Bertz CT molecular complexity index is 389. The molecule has 18 heavy (non-hydrogen) atoms. The largest absolute Gasteiger partial charge is 0.345 e. The molecule has 0 bridgehead atoms. The summed E-state index contributed by atoms with van der Waals surface area (Å²) in [5.74, 6) is 0.882. The standard InChI is InChI=1S/C14H21N3O/c1-11(12-9-15-10-12)14(18)17(2)8-6-13-5-3-4-7-16-13/h3-5,7,11-12,15H,6,8-10H2,1-2H3. The fraction of sp³-hybridized carbons (Fsp3) is 0.571. The third-order valence-corrected chi connectivity index (χ3v) is 3.72. The van der Waals surface area contributed by atoms with Gasteiger partial charge in [0.15, 0.2) is 0 Å². The van der Waals surface area contributed by atoms with Gasteiger partial charge in [0.05, 0.1) is 0 Å². The summed E-state index contributed by atoms with van der Waals surface area (Å²) in [6.45, 7) is 4.72. The van der Waals surface area contributed by atoms with Crippen molar-refractivity contribution in [1.82, 2.24) is 15.2 Å². The molecule has 1 atom stereocenters. The van der Waals surface area contributed by atoms with E-state index in [1.807, 2.05) is 37.1 Å². The highest BCUT2D eigenvalue weighted by Gasteiger charge is 2.30. The Morgan fingerprint density at radius 1 is 1.56 bits per heavy atom. The molecule has 1 unspecified atom stereocenters. The maximum atomic E-state index is 12.2. The zero-order valence-electron chi connectivity index (χ0n) is 11.1. The highest BCUT2D eigenvalue weighted by molar-refractivity contribution is 5.78. The third-order valence-electron chi connectivity index (χ3n) is 3.72. The molecular formula is C14H21N3O. The van der Waals surface area contributed by atoms with Crippen molar-refractivity contribution in [1.29, 1.82) is 0 Å². The van der Waals surface area contributed by atoms with Crippen LogP contribution >= 0.6 is 0 Å². The van der Waals surface area contributed by atoms with Gasteiger partial charge in [-0.05, 0) is 31.1 Å². The zero-order valence-corrected chi connectivity index (χ0v) is 11.1. The molecule has 1 aliphatic rings. The number of amides is 1. The van der Waals surface area contributed by atoms with Gasteiger partial charge in [0, 0.05) is 37.8 Å². The van der Waals surface area contributed by atoms with Crippen molar-refractivity contribution in [3.8, 4) is 0 Å². The second-order valence-electron chi connectivity index (χ2n) is 5.04. The zero-order chi connectivity index (χ0) is 13.0. The number of nitrogens with zero attached hydrogens (tertiary/aromatic N) is 2. The van der Waals surface area contributed by atoms with Crippen LogP contribution in [-0.4, -0.2) is 42.5 Å². The van der Waals surface area contributed by atoms with Gasteiger partial charge < -0.3 is 10.2 Å². The predicted octanol–water partition coefficient (Wildman–Crippen LogP) is 0.938. The number of carbonyl (C=O) groups excluding carboxylic acids is 1. The Hall–Kier alpha value is -1.42. The van der Waals surface area contributed by atoms with Gasteiger partial charge in [-0.25, -0.2) is 0 Å². The van der Waals surface area contributed by atoms with Crippen LogP contribution in [0.4, 0.5) is 0 Å². The summed E-state index contributed by atoms with van der Waals surface area (Å²) in [7, 11) is 1.88. The van der Waals surface area contributed by atoms with Crippen LogP contribution in [0, 0.1) is 11.8 Å². The van der Waals surface area contributed by atoms with E-state index in [4.69, 9.17) is 0 Å². The van der Waals surface area contributed by atoms with Gasteiger partial charge in [0.25, 0.3) is 0 Å². The summed E-state index contributed by atoms with van der Waals surface area (Å²) in [4.78, 5) is 18.3. The molecular weight excluding hydrogens is 226 g/mol. The second kappa shape index (κ2) is 5.96. The van der Waals surface area contributed by atoms with Crippen LogP contribution in [0.25, 0.3) is 0 Å². The van der Waals surface area contributed by atoms with Crippen LogP contribution in [0.1, 0.15) is 12.6 Å². The lowest BCUT2D eigenvalue weighted by Crippen LogP contribution is -2.50. The van der Waals surface area contributed by atoms with Gasteiger partial charge in [0.2, 0.25) is 5.91 Å². The minimum Gasteiger partial charge on any atom is -0.345 e. The average Bonchev–Trinajstić information content (AvgIpc) is 2.34. The molecule has 1 saturated heterocycles. The van der Waals surface area contributed by atoms with Crippen LogP contribution in [0.2, 0.25) is 0 Å². The molecule has 2 rings (SSSR count). The van der Waals surface area contributed by atoms with Crippen LogP contribution < -0.4 is 5.32 Å². The highest BCUT2D eigenvalue weighted by Crippen LogP contribution is 2.17. The summed E-state index contributed by atoms with van der Waals surface area (Å²) in [5.41, 5.74) is 1.04. The Morgan fingerprint density at radius 2 is 2.33 bits per heavy atom. The molecule has 98 valence electrons. The predicted molar refractivity (Wildman–Crippen MR) is 71.1 cm³/mol. The smallest absolute Gasteiger partial charge is 0.225 e. The first-order valence-electron chi connectivity index (χ1n) is 6.54. The highest BCUT2D eigenvalue weighted by atomic mass is 16.2. The monoisotopic (exact) mass is 247 g/mol. The topological polar surface area (TPSA) is 45.2 Å². The number of likely N-dealkylation sites (N-methyl/N-ethyl adjacent to an activating group) is 1. The van der Waals surface area contributed by atoms with Crippen LogP contribution in [0.3, 0.4) is 0 Å². The Balaban J connectivity index is 1.80. The summed E-state index contributed by atoms with van der Waals surface area (Å²) in [5, 5.41) is 3.21. The molecule has 4 heteroatoms. The van der Waals surface area contributed by atoms with Crippen molar-refractivity contribution in [2.75, 3.05) is 26.7 Å². The van der Waals surface area contributed by atoms with Crippen molar-refractivity contribution in [2.45, 2.75) is 13.3 Å². The van der Waals surface area contributed by atoms with Crippen LogP contribution in [0.5, 0.6) is 0 Å². The maximum absolute atomic E-state index is 12.2. The number of hydrogen-bond acceptors (Lipinski definition) is 3. The Morgan fingerprint density at radius 3 is 2.89 bits per heavy atom. The molecule has 0 spiro atoms. The second-order valence-corrected chi connectivity index (χ2v) is 5.04. The van der Waals surface area contributed by atoms with Crippen molar-refractivity contribution in [3.63, 3.8) is 0 Å². The Kier molecular flexibility index (Phi) is 4.31. The van der Waals surface area contributed by atoms with Crippen molar-refractivity contribution in [2.24, 2.45) is 11.8 Å². The number of nitrogens with one attached hydrogen (secondary N) is 1. The first-order valence-corrected chi connectivity index (χ1v) is 6.54.